The average Bonchev–Trinajstić information content (AvgIpc) is 3.39. The standard InChI is InChI=1S/C26H26N4O4S/c1-15-10-16(2)24(17(3)11-15)28-22(31)13-27-23(32)14-34-26(33)21-12-20-18(4)29-30(25(20)35-21)19-8-6-5-7-9-19/h5-12H,13-14H2,1-4H3,(H,27,32)(H,28,31). The van der Waals surface area contributed by atoms with E-state index in [0.717, 1.165) is 44.0 Å². The number of para-hydroxylation sites is 1. The number of nitrogens with one attached hydrogen (secondary N) is 2. The van der Waals surface area contributed by atoms with E-state index in [1.807, 2.05) is 70.2 Å². The SMILES string of the molecule is Cc1cc(C)c(NC(=O)CNC(=O)COC(=O)c2cc3c(C)nn(-c4ccccc4)c3s2)c(C)c1. The highest BCUT2D eigenvalue weighted by Crippen LogP contribution is 2.30. The number of thiophene rings is 1. The highest BCUT2D eigenvalue weighted by atomic mass is 32.1. The van der Waals surface area contributed by atoms with E-state index in [1.54, 1.807) is 10.7 Å². The Kier molecular flexibility index (Phi) is 6.97. The third-order valence-corrected chi connectivity index (χ3v) is 6.56. The number of hydrogen-bond donors (Lipinski definition) is 2. The molecule has 9 heteroatoms. The molecule has 4 aromatic rings. The molecule has 4 rings (SSSR count). The number of hydrogen-bond acceptors (Lipinski definition) is 6. The summed E-state index contributed by atoms with van der Waals surface area (Å²) in [6.45, 7) is 7.00. The monoisotopic (exact) mass is 490 g/mol. The Balaban J connectivity index is 1.32. The topological polar surface area (TPSA) is 102 Å². The number of aromatic nitrogens is 2. The van der Waals surface area contributed by atoms with Crippen molar-refractivity contribution in [3.63, 3.8) is 0 Å². The molecule has 0 atom stereocenters. The van der Waals surface area contributed by atoms with E-state index in [4.69, 9.17) is 4.74 Å². The Morgan fingerprint density at radius 2 is 1.66 bits per heavy atom. The molecular formula is C26H26N4O4S. The summed E-state index contributed by atoms with van der Waals surface area (Å²) in [7, 11) is 0. The number of benzene rings is 2. The highest BCUT2D eigenvalue weighted by Gasteiger charge is 2.19. The number of fused-ring (bicyclic) bond motifs is 1. The van der Waals surface area contributed by atoms with Gasteiger partial charge in [0.1, 0.15) is 9.71 Å². The van der Waals surface area contributed by atoms with Crippen LogP contribution < -0.4 is 10.6 Å². The van der Waals surface area contributed by atoms with Gasteiger partial charge in [0, 0.05) is 11.1 Å². The van der Waals surface area contributed by atoms with Gasteiger partial charge in [-0.15, -0.1) is 11.3 Å². The lowest BCUT2D eigenvalue weighted by Gasteiger charge is -2.13. The predicted molar refractivity (Wildman–Crippen MR) is 136 cm³/mol. The molecule has 2 amide bonds. The van der Waals surface area contributed by atoms with Crippen molar-refractivity contribution >= 4 is 45.0 Å². The number of carbonyl (C=O) groups is 3. The Morgan fingerprint density at radius 3 is 2.34 bits per heavy atom. The van der Waals surface area contributed by atoms with Crippen LogP contribution in [0.2, 0.25) is 0 Å². The Morgan fingerprint density at radius 1 is 0.971 bits per heavy atom. The number of rotatable bonds is 7. The first-order chi connectivity index (χ1) is 16.7. The molecule has 180 valence electrons. The van der Waals surface area contributed by atoms with E-state index < -0.39 is 18.5 Å². The van der Waals surface area contributed by atoms with Gasteiger partial charge < -0.3 is 15.4 Å². The molecule has 0 fully saturated rings. The Hall–Kier alpha value is -3.98. The molecule has 0 aliphatic carbocycles. The minimum atomic E-state index is -0.601. The maximum absolute atomic E-state index is 12.6. The van der Waals surface area contributed by atoms with Crippen molar-refractivity contribution in [2.45, 2.75) is 27.7 Å². The summed E-state index contributed by atoms with van der Waals surface area (Å²) < 4.78 is 6.96. The first-order valence-corrected chi connectivity index (χ1v) is 11.9. The lowest BCUT2D eigenvalue weighted by Crippen LogP contribution is -2.35. The van der Waals surface area contributed by atoms with Crippen LogP contribution in [-0.4, -0.2) is 40.7 Å². The molecule has 0 bridgehead atoms. The molecule has 35 heavy (non-hydrogen) atoms. The van der Waals surface area contributed by atoms with Crippen LogP contribution in [0.5, 0.6) is 0 Å². The summed E-state index contributed by atoms with van der Waals surface area (Å²) in [5.74, 6) is -1.51. The maximum atomic E-state index is 12.6. The van der Waals surface area contributed by atoms with Crippen LogP contribution in [0.1, 0.15) is 32.1 Å². The van der Waals surface area contributed by atoms with Crippen LogP contribution >= 0.6 is 11.3 Å². The van der Waals surface area contributed by atoms with Gasteiger partial charge in [0.25, 0.3) is 5.91 Å². The van der Waals surface area contributed by atoms with E-state index in [-0.39, 0.29) is 12.5 Å². The van der Waals surface area contributed by atoms with Crippen molar-refractivity contribution in [1.29, 1.82) is 0 Å². The minimum Gasteiger partial charge on any atom is -0.451 e. The first-order valence-electron chi connectivity index (χ1n) is 11.1. The first kappa shape index (κ1) is 24.2. The Bertz CT molecular complexity index is 1400. The van der Waals surface area contributed by atoms with Gasteiger partial charge >= 0.3 is 5.97 Å². The number of anilines is 1. The number of carbonyl (C=O) groups excluding carboxylic acids is 3. The van der Waals surface area contributed by atoms with E-state index >= 15 is 0 Å². The normalized spacial score (nSPS) is 10.9. The molecule has 0 aliphatic rings. The summed E-state index contributed by atoms with van der Waals surface area (Å²) >= 11 is 1.25. The highest BCUT2D eigenvalue weighted by molar-refractivity contribution is 7.20. The fraction of sp³-hybridized carbons (Fsp3) is 0.231. The summed E-state index contributed by atoms with van der Waals surface area (Å²) in [5, 5.41) is 10.7. The van der Waals surface area contributed by atoms with Crippen molar-refractivity contribution in [1.82, 2.24) is 15.1 Å². The summed E-state index contributed by atoms with van der Waals surface area (Å²) in [6.07, 6.45) is 0. The molecule has 0 aliphatic heterocycles. The van der Waals surface area contributed by atoms with Crippen LogP contribution in [0.4, 0.5) is 5.69 Å². The summed E-state index contributed by atoms with van der Waals surface area (Å²) in [6, 6.07) is 15.3. The molecule has 0 saturated carbocycles. The van der Waals surface area contributed by atoms with Crippen LogP contribution in [0, 0.1) is 27.7 Å². The van der Waals surface area contributed by atoms with Crippen molar-refractivity contribution in [3.05, 3.63) is 75.8 Å². The predicted octanol–water partition coefficient (Wildman–Crippen LogP) is 4.23. The van der Waals surface area contributed by atoms with E-state index in [9.17, 15) is 14.4 Å². The maximum Gasteiger partial charge on any atom is 0.348 e. The second-order valence-electron chi connectivity index (χ2n) is 8.34. The van der Waals surface area contributed by atoms with Crippen LogP contribution in [0.3, 0.4) is 0 Å². The minimum absolute atomic E-state index is 0.224. The summed E-state index contributed by atoms with van der Waals surface area (Å²) in [4.78, 5) is 38.2. The molecule has 2 aromatic heterocycles. The van der Waals surface area contributed by atoms with Gasteiger partial charge in [-0.3, -0.25) is 9.59 Å². The van der Waals surface area contributed by atoms with Crippen LogP contribution in [0.25, 0.3) is 15.9 Å². The molecule has 2 heterocycles. The molecule has 0 saturated heterocycles. The number of ether oxygens (including phenoxy) is 1. The average molecular weight is 491 g/mol. The Labute approximate surface area is 206 Å². The lowest BCUT2D eigenvalue weighted by molar-refractivity contribution is -0.126. The molecule has 8 nitrogen and oxygen atoms in total. The number of nitrogens with zero attached hydrogens (tertiary/aromatic N) is 2. The zero-order valence-electron chi connectivity index (χ0n) is 20.0. The van der Waals surface area contributed by atoms with Crippen molar-refractivity contribution in [2.75, 3.05) is 18.5 Å². The number of esters is 1. The van der Waals surface area contributed by atoms with Crippen molar-refractivity contribution in [3.8, 4) is 5.69 Å². The molecule has 2 aromatic carbocycles. The van der Waals surface area contributed by atoms with Gasteiger partial charge in [0.05, 0.1) is 17.9 Å². The van der Waals surface area contributed by atoms with Gasteiger partial charge in [-0.1, -0.05) is 35.9 Å². The van der Waals surface area contributed by atoms with Gasteiger partial charge in [0.2, 0.25) is 5.91 Å². The summed E-state index contributed by atoms with van der Waals surface area (Å²) in [5.41, 5.74) is 5.42. The molecular weight excluding hydrogens is 464 g/mol. The van der Waals surface area contributed by atoms with Crippen molar-refractivity contribution < 1.29 is 19.1 Å². The van der Waals surface area contributed by atoms with Crippen LogP contribution in [0.15, 0.2) is 48.5 Å². The second-order valence-corrected chi connectivity index (χ2v) is 9.37. The zero-order chi connectivity index (χ0) is 25.1. The smallest absolute Gasteiger partial charge is 0.348 e. The zero-order valence-corrected chi connectivity index (χ0v) is 20.8. The quantitative estimate of drug-likeness (QED) is 0.378. The van der Waals surface area contributed by atoms with Crippen LogP contribution in [-0.2, 0) is 14.3 Å². The largest absolute Gasteiger partial charge is 0.451 e. The molecule has 0 spiro atoms. The molecule has 2 N–H and O–H groups in total. The fourth-order valence-corrected chi connectivity index (χ4v) is 4.96. The van der Waals surface area contributed by atoms with E-state index in [1.165, 1.54) is 11.3 Å². The van der Waals surface area contributed by atoms with Gasteiger partial charge in [0.15, 0.2) is 6.61 Å². The third kappa shape index (κ3) is 5.41. The number of amides is 2. The van der Waals surface area contributed by atoms with Gasteiger partial charge in [-0.2, -0.15) is 5.10 Å². The van der Waals surface area contributed by atoms with Gasteiger partial charge in [-0.05, 0) is 57.0 Å². The molecule has 0 radical (unpaired) electrons. The third-order valence-electron chi connectivity index (χ3n) is 5.47. The second kappa shape index (κ2) is 10.1. The fourth-order valence-electron chi connectivity index (χ4n) is 3.88. The van der Waals surface area contributed by atoms with Gasteiger partial charge in [-0.25, -0.2) is 9.48 Å². The number of aryl methyl sites for hydroxylation is 4. The van der Waals surface area contributed by atoms with Crippen molar-refractivity contribution in [2.24, 2.45) is 0 Å². The van der Waals surface area contributed by atoms with E-state index in [2.05, 4.69) is 15.7 Å². The lowest BCUT2D eigenvalue weighted by atomic mass is 10.1. The molecule has 0 unspecified atom stereocenters. The van der Waals surface area contributed by atoms with E-state index in [0.29, 0.717) is 4.88 Å².